The molecule has 0 aliphatic heterocycles. The molecule has 0 saturated carbocycles. The molecule has 2 aromatic carbocycles. The molecule has 4 rings (SSSR count). The maximum absolute atomic E-state index is 14.7. The van der Waals surface area contributed by atoms with E-state index in [9.17, 15) is 18.0 Å². The zero-order valence-electron chi connectivity index (χ0n) is 19.2. The number of rotatable bonds is 7. The van der Waals surface area contributed by atoms with E-state index < -0.39 is 23.8 Å². The lowest BCUT2D eigenvalue weighted by Crippen LogP contribution is -2.23. The number of nitrogens with zero attached hydrogens (tertiary/aromatic N) is 3. The van der Waals surface area contributed by atoms with Crippen molar-refractivity contribution in [3.8, 4) is 5.75 Å². The van der Waals surface area contributed by atoms with Gasteiger partial charge in [-0.2, -0.15) is 0 Å². The highest BCUT2D eigenvalue weighted by Gasteiger charge is 2.21. The fourth-order valence-electron chi connectivity index (χ4n) is 3.84. The fourth-order valence-corrected chi connectivity index (χ4v) is 4.29. The van der Waals surface area contributed by atoms with E-state index in [-0.39, 0.29) is 17.7 Å². The number of alkyl halides is 2. The van der Waals surface area contributed by atoms with Crippen LogP contribution in [0.25, 0.3) is 11.0 Å². The van der Waals surface area contributed by atoms with E-state index in [0.717, 1.165) is 11.6 Å². The van der Waals surface area contributed by atoms with Crippen LogP contribution in [0.2, 0.25) is 0 Å². The van der Waals surface area contributed by atoms with Crippen LogP contribution in [0.3, 0.4) is 0 Å². The van der Waals surface area contributed by atoms with Crippen molar-refractivity contribution in [2.45, 2.75) is 32.9 Å². The predicted molar refractivity (Wildman–Crippen MR) is 132 cm³/mol. The lowest BCUT2D eigenvalue weighted by molar-refractivity contribution is 0.146. The average Bonchev–Trinajstić information content (AvgIpc) is 2.83. The van der Waals surface area contributed by atoms with Gasteiger partial charge in [0.2, 0.25) is 0 Å². The van der Waals surface area contributed by atoms with Crippen LogP contribution in [0.1, 0.15) is 41.9 Å². The zero-order valence-corrected chi connectivity index (χ0v) is 20.7. The first-order chi connectivity index (χ1) is 16.7. The van der Waals surface area contributed by atoms with Crippen molar-refractivity contribution in [2.75, 3.05) is 12.4 Å². The Morgan fingerprint density at radius 2 is 1.80 bits per heavy atom. The Kier molecular flexibility index (Phi) is 7.11. The van der Waals surface area contributed by atoms with Gasteiger partial charge in [0, 0.05) is 5.56 Å². The summed E-state index contributed by atoms with van der Waals surface area (Å²) in [5.41, 5.74) is 0.394. The summed E-state index contributed by atoms with van der Waals surface area (Å²) in [7, 11) is 1.58. The lowest BCUT2D eigenvalue weighted by Gasteiger charge is -2.20. The third-order valence-corrected chi connectivity index (χ3v) is 6.19. The summed E-state index contributed by atoms with van der Waals surface area (Å²) in [6.45, 7) is 3.58. The summed E-state index contributed by atoms with van der Waals surface area (Å²) in [5.74, 6) is 0.474. The molecule has 2 aromatic heterocycles. The van der Waals surface area contributed by atoms with Crippen LogP contribution in [0.15, 0.2) is 57.8 Å². The van der Waals surface area contributed by atoms with Crippen LogP contribution in [-0.4, -0.2) is 21.6 Å². The van der Waals surface area contributed by atoms with Crippen molar-refractivity contribution in [1.82, 2.24) is 14.5 Å². The van der Waals surface area contributed by atoms with E-state index in [1.54, 1.807) is 39.2 Å². The largest absolute Gasteiger partial charge is 0.497 e. The molecule has 1 unspecified atom stereocenters. The number of halogens is 4. The van der Waals surface area contributed by atoms with Crippen molar-refractivity contribution < 1.29 is 17.9 Å². The summed E-state index contributed by atoms with van der Waals surface area (Å²) in [6, 6.07) is 12.1. The van der Waals surface area contributed by atoms with Gasteiger partial charge < -0.3 is 10.1 Å². The van der Waals surface area contributed by atoms with Gasteiger partial charge in [-0.25, -0.2) is 23.1 Å². The summed E-state index contributed by atoms with van der Waals surface area (Å²) in [4.78, 5) is 22.0. The number of ether oxygens (including phenoxy) is 1. The minimum absolute atomic E-state index is 0.0813. The van der Waals surface area contributed by atoms with Gasteiger partial charge in [0.15, 0.2) is 0 Å². The van der Waals surface area contributed by atoms with E-state index in [1.807, 2.05) is 12.1 Å². The minimum atomic E-state index is -2.92. The number of aryl methyl sites for hydroxylation is 1. The molecular weight excluding hydrogens is 525 g/mol. The van der Waals surface area contributed by atoms with E-state index in [4.69, 9.17) is 4.74 Å². The second-order valence-electron chi connectivity index (χ2n) is 8.01. The standard InChI is InChI=1S/C25H22BrF3N4O2/c1-13(17-5-4-6-18(21(17)27)22(28)29)30-23-19-11-20(26)25(34)33(24(19)32-14(2)31-23)12-15-7-9-16(35-3)10-8-15/h4-11,13,22H,12H2,1-3H3,(H,30,31,32). The molecule has 0 bridgehead atoms. The van der Waals surface area contributed by atoms with Gasteiger partial charge >= 0.3 is 0 Å². The first-order valence-corrected chi connectivity index (χ1v) is 11.5. The van der Waals surface area contributed by atoms with Crippen LogP contribution in [0.4, 0.5) is 19.0 Å². The first kappa shape index (κ1) is 24.7. The van der Waals surface area contributed by atoms with Crippen LogP contribution in [0.5, 0.6) is 5.75 Å². The molecule has 0 radical (unpaired) electrons. The monoisotopic (exact) mass is 546 g/mol. The van der Waals surface area contributed by atoms with Gasteiger partial charge in [0.25, 0.3) is 12.0 Å². The van der Waals surface area contributed by atoms with Gasteiger partial charge in [-0.05, 0) is 53.5 Å². The highest BCUT2D eigenvalue weighted by molar-refractivity contribution is 9.10. The molecule has 0 aliphatic carbocycles. The molecule has 0 fully saturated rings. The number of fused-ring (bicyclic) bond motifs is 1. The van der Waals surface area contributed by atoms with Crippen molar-refractivity contribution in [3.05, 3.63) is 91.7 Å². The van der Waals surface area contributed by atoms with E-state index in [2.05, 4.69) is 31.2 Å². The van der Waals surface area contributed by atoms with Crippen LogP contribution < -0.4 is 15.6 Å². The Morgan fingerprint density at radius 1 is 1.11 bits per heavy atom. The third-order valence-electron chi connectivity index (χ3n) is 5.63. The first-order valence-electron chi connectivity index (χ1n) is 10.7. The van der Waals surface area contributed by atoms with Gasteiger partial charge in [-0.3, -0.25) is 9.36 Å². The average molecular weight is 547 g/mol. The Morgan fingerprint density at radius 3 is 2.46 bits per heavy atom. The van der Waals surface area contributed by atoms with Crippen LogP contribution in [0, 0.1) is 12.7 Å². The number of methoxy groups -OCH3 is 1. The molecule has 0 saturated heterocycles. The molecule has 35 heavy (non-hydrogen) atoms. The number of anilines is 1. The number of pyridine rings is 1. The molecule has 10 heteroatoms. The topological polar surface area (TPSA) is 69.0 Å². The van der Waals surface area contributed by atoms with Gasteiger partial charge in [0.1, 0.15) is 28.9 Å². The molecule has 1 N–H and O–H groups in total. The summed E-state index contributed by atoms with van der Waals surface area (Å²) >= 11 is 3.32. The highest BCUT2D eigenvalue weighted by atomic mass is 79.9. The zero-order chi connectivity index (χ0) is 25.3. The van der Waals surface area contributed by atoms with Crippen LogP contribution in [-0.2, 0) is 6.54 Å². The van der Waals surface area contributed by atoms with Crippen LogP contribution >= 0.6 is 15.9 Å². The number of aromatic nitrogens is 3. The van der Waals surface area contributed by atoms with E-state index >= 15 is 0 Å². The smallest absolute Gasteiger partial charge is 0.266 e. The second-order valence-corrected chi connectivity index (χ2v) is 8.86. The molecule has 0 amide bonds. The lowest BCUT2D eigenvalue weighted by atomic mass is 10.0. The summed E-state index contributed by atoms with van der Waals surface area (Å²) in [6.07, 6.45) is -2.92. The summed E-state index contributed by atoms with van der Waals surface area (Å²) < 4.78 is 48.1. The van der Waals surface area contributed by atoms with Crippen molar-refractivity contribution >= 4 is 32.8 Å². The maximum Gasteiger partial charge on any atom is 0.266 e. The van der Waals surface area contributed by atoms with Gasteiger partial charge in [-0.1, -0.05) is 30.3 Å². The Labute approximate surface area is 207 Å². The van der Waals surface area contributed by atoms with Crippen molar-refractivity contribution in [2.24, 2.45) is 0 Å². The molecule has 0 spiro atoms. The number of benzene rings is 2. The Hall–Kier alpha value is -3.40. The highest BCUT2D eigenvalue weighted by Crippen LogP contribution is 2.31. The minimum Gasteiger partial charge on any atom is -0.497 e. The third kappa shape index (κ3) is 5.02. The molecular formula is C25H22BrF3N4O2. The predicted octanol–water partition coefficient (Wildman–Crippen LogP) is 6.17. The van der Waals surface area contributed by atoms with Crippen molar-refractivity contribution in [1.29, 1.82) is 0 Å². The normalized spacial score (nSPS) is 12.2. The Balaban J connectivity index is 1.79. The molecule has 4 aromatic rings. The number of hydrogen-bond acceptors (Lipinski definition) is 5. The van der Waals surface area contributed by atoms with E-state index in [0.29, 0.717) is 32.9 Å². The number of hydrogen-bond donors (Lipinski definition) is 1. The van der Waals surface area contributed by atoms with Gasteiger partial charge in [-0.15, -0.1) is 0 Å². The van der Waals surface area contributed by atoms with Gasteiger partial charge in [0.05, 0.1) is 35.1 Å². The maximum atomic E-state index is 14.7. The van der Waals surface area contributed by atoms with E-state index in [1.165, 1.54) is 16.7 Å². The Bertz CT molecular complexity index is 1440. The number of nitrogens with one attached hydrogen (secondary N) is 1. The molecule has 2 heterocycles. The quantitative estimate of drug-likeness (QED) is 0.300. The molecule has 6 nitrogen and oxygen atoms in total. The molecule has 182 valence electrons. The molecule has 0 aliphatic rings. The van der Waals surface area contributed by atoms with Crippen molar-refractivity contribution in [3.63, 3.8) is 0 Å². The SMILES string of the molecule is COc1ccc(Cn2c(=O)c(Br)cc3c(NC(C)c4cccc(C(F)F)c4F)nc(C)nc32)cc1. The fraction of sp³-hybridized carbons (Fsp3) is 0.240. The molecule has 1 atom stereocenters. The summed E-state index contributed by atoms with van der Waals surface area (Å²) in [5, 5.41) is 3.63. The second kappa shape index (κ2) is 10.1.